The van der Waals surface area contributed by atoms with Crippen LogP contribution in [0.15, 0.2) is 17.2 Å². The third kappa shape index (κ3) is 3.09. The van der Waals surface area contributed by atoms with Gasteiger partial charge in [0.2, 0.25) is 0 Å². The first-order valence-electron chi connectivity index (χ1n) is 5.63. The topological polar surface area (TPSA) is 64.5 Å². The Kier molecular flexibility index (Phi) is 4.81. The smallest absolute Gasteiger partial charge is 0.166 e. The van der Waals surface area contributed by atoms with Crippen LogP contribution in [0.1, 0.15) is 12.6 Å². The standard InChI is InChI=1S/C12H13ClN2O3S/c1-3-17-18-6-8-11(16)10-7(12(13)14-8)4-5-9(15-10)19-2/h4-5,16H,3,6H2,1-2H3. The van der Waals surface area contributed by atoms with Gasteiger partial charge in [0.15, 0.2) is 5.75 Å². The lowest BCUT2D eigenvalue weighted by atomic mass is 10.2. The molecule has 0 aliphatic heterocycles. The summed E-state index contributed by atoms with van der Waals surface area (Å²) in [5.41, 5.74) is 0.721. The molecule has 0 unspecified atom stereocenters. The highest BCUT2D eigenvalue weighted by molar-refractivity contribution is 7.98. The molecular weight excluding hydrogens is 288 g/mol. The number of hydrogen-bond donors (Lipinski definition) is 1. The Hall–Kier alpha value is -1.08. The second-order valence-corrected chi connectivity index (χ2v) is 4.80. The average molecular weight is 301 g/mol. The number of hydrogen-bond acceptors (Lipinski definition) is 6. The molecule has 0 aliphatic rings. The van der Waals surface area contributed by atoms with Crippen molar-refractivity contribution in [1.29, 1.82) is 0 Å². The first-order chi connectivity index (χ1) is 9.17. The fourth-order valence-electron chi connectivity index (χ4n) is 1.55. The zero-order valence-corrected chi connectivity index (χ0v) is 12.1. The van der Waals surface area contributed by atoms with Crippen molar-refractivity contribution < 1.29 is 14.9 Å². The molecule has 0 atom stereocenters. The van der Waals surface area contributed by atoms with Crippen molar-refractivity contribution in [2.75, 3.05) is 12.9 Å². The molecule has 5 nitrogen and oxygen atoms in total. The van der Waals surface area contributed by atoms with Crippen LogP contribution in [0.2, 0.25) is 5.15 Å². The number of pyridine rings is 2. The monoisotopic (exact) mass is 300 g/mol. The summed E-state index contributed by atoms with van der Waals surface area (Å²) in [6.07, 6.45) is 1.91. The summed E-state index contributed by atoms with van der Waals surface area (Å²) >= 11 is 7.56. The van der Waals surface area contributed by atoms with Crippen LogP contribution in [0.25, 0.3) is 10.9 Å². The van der Waals surface area contributed by atoms with E-state index in [4.69, 9.17) is 21.4 Å². The number of halogens is 1. The number of fused-ring (bicyclic) bond motifs is 1. The van der Waals surface area contributed by atoms with Crippen LogP contribution in [-0.2, 0) is 16.4 Å². The lowest BCUT2D eigenvalue weighted by molar-refractivity contribution is -0.301. The van der Waals surface area contributed by atoms with Gasteiger partial charge in [-0.05, 0) is 25.3 Å². The molecule has 19 heavy (non-hydrogen) atoms. The van der Waals surface area contributed by atoms with Crippen molar-refractivity contribution in [1.82, 2.24) is 9.97 Å². The maximum Gasteiger partial charge on any atom is 0.166 e. The molecule has 0 saturated heterocycles. The van der Waals surface area contributed by atoms with E-state index in [-0.39, 0.29) is 17.5 Å². The van der Waals surface area contributed by atoms with Crippen LogP contribution in [-0.4, -0.2) is 27.9 Å². The minimum atomic E-state index is -0.0324. The van der Waals surface area contributed by atoms with Gasteiger partial charge >= 0.3 is 0 Å². The molecule has 2 aromatic heterocycles. The molecule has 0 fully saturated rings. The highest BCUT2D eigenvalue weighted by Crippen LogP contribution is 2.32. The van der Waals surface area contributed by atoms with Gasteiger partial charge in [-0.15, -0.1) is 11.8 Å². The Bertz CT molecular complexity index is 595. The highest BCUT2D eigenvalue weighted by Gasteiger charge is 2.14. The fourth-order valence-corrected chi connectivity index (χ4v) is 2.19. The van der Waals surface area contributed by atoms with E-state index in [9.17, 15) is 5.11 Å². The summed E-state index contributed by atoms with van der Waals surface area (Å²) in [7, 11) is 0. The fraction of sp³-hybridized carbons (Fsp3) is 0.333. The van der Waals surface area contributed by atoms with Crippen LogP contribution < -0.4 is 0 Å². The highest BCUT2D eigenvalue weighted by atomic mass is 35.5. The third-order valence-electron chi connectivity index (χ3n) is 2.43. The number of thioether (sulfide) groups is 1. The Morgan fingerprint density at radius 3 is 2.79 bits per heavy atom. The first-order valence-corrected chi connectivity index (χ1v) is 7.24. The van der Waals surface area contributed by atoms with Crippen molar-refractivity contribution in [2.45, 2.75) is 18.6 Å². The molecule has 102 valence electrons. The van der Waals surface area contributed by atoms with Crippen LogP contribution in [0, 0.1) is 0 Å². The van der Waals surface area contributed by atoms with E-state index < -0.39 is 0 Å². The van der Waals surface area contributed by atoms with E-state index in [0.29, 0.717) is 23.2 Å². The van der Waals surface area contributed by atoms with Crippen molar-refractivity contribution >= 4 is 34.3 Å². The molecule has 0 bridgehead atoms. The molecule has 0 aromatic carbocycles. The average Bonchev–Trinajstić information content (AvgIpc) is 2.43. The molecule has 0 spiro atoms. The Balaban J connectivity index is 2.46. The zero-order chi connectivity index (χ0) is 13.8. The Labute approximate surface area is 119 Å². The number of aromatic nitrogens is 2. The molecule has 0 radical (unpaired) electrons. The van der Waals surface area contributed by atoms with Crippen LogP contribution in [0.3, 0.4) is 0 Å². The zero-order valence-electron chi connectivity index (χ0n) is 10.5. The van der Waals surface area contributed by atoms with Gasteiger partial charge in [0.1, 0.15) is 23.0 Å². The van der Waals surface area contributed by atoms with Gasteiger partial charge in [0.25, 0.3) is 0 Å². The Morgan fingerprint density at radius 1 is 1.32 bits per heavy atom. The molecule has 2 rings (SSSR count). The van der Waals surface area contributed by atoms with Gasteiger partial charge in [0.05, 0.1) is 11.6 Å². The van der Waals surface area contributed by atoms with E-state index in [2.05, 4.69) is 9.97 Å². The quantitative estimate of drug-likeness (QED) is 0.301. The molecule has 1 N–H and O–H groups in total. The van der Waals surface area contributed by atoms with Crippen molar-refractivity contribution in [3.05, 3.63) is 23.0 Å². The van der Waals surface area contributed by atoms with Gasteiger partial charge in [-0.3, -0.25) is 0 Å². The molecule has 0 saturated carbocycles. The molecule has 2 heterocycles. The minimum absolute atomic E-state index is 0.0144. The minimum Gasteiger partial charge on any atom is -0.504 e. The SMILES string of the molecule is CCOOCc1nc(Cl)c2ccc(SC)nc2c1O. The number of nitrogens with zero attached hydrogens (tertiary/aromatic N) is 2. The first kappa shape index (κ1) is 14.3. The second kappa shape index (κ2) is 6.38. The lowest BCUT2D eigenvalue weighted by Gasteiger charge is -2.09. The molecular formula is C12H13ClN2O3S. The maximum atomic E-state index is 10.2. The third-order valence-corrected chi connectivity index (χ3v) is 3.36. The van der Waals surface area contributed by atoms with Crippen LogP contribution >= 0.6 is 23.4 Å². The summed E-state index contributed by atoms with van der Waals surface area (Å²) < 4.78 is 0. The second-order valence-electron chi connectivity index (χ2n) is 3.62. The van der Waals surface area contributed by atoms with E-state index in [1.165, 1.54) is 11.8 Å². The summed E-state index contributed by atoms with van der Waals surface area (Å²) in [5.74, 6) is -0.0324. The normalized spacial score (nSPS) is 11.1. The lowest BCUT2D eigenvalue weighted by Crippen LogP contribution is -1.99. The predicted octanol–water partition coefficient (Wildman–Crippen LogP) is 3.18. The number of rotatable bonds is 5. The maximum absolute atomic E-state index is 10.2. The van der Waals surface area contributed by atoms with Gasteiger partial charge in [-0.1, -0.05) is 11.6 Å². The largest absolute Gasteiger partial charge is 0.504 e. The summed E-state index contributed by atoms with van der Waals surface area (Å²) in [4.78, 5) is 18.1. The van der Waals surface area contributed by atoms with Crippen LogP contribution in [0.4, 0.5) is 0 Å². The van der Waals surface area contributed by atoms with Gasteiger partial charge < -0.3 is 5.11 Å². The van der Waals surface area contributed by atoms with Gasteiger partial charge in [-0.25, -0.2) is 19.7 Å². The molecule has 0 aliphatic carbocycles. The van der Waals surface area contributed by atoms with Crippen molar-refractivity contribution in [2.24, 2.45) is 0 Å². The molecule has 0 amide bonds. The van der Waals surface area contributed by atoms with Crippen LogP contribution in [0.5, 0.6) is 5.75 Å². The van der Waals surface area contributed by atoms with Gasteiger partial charge in [-0.2, -0.15) is 0 Å². The van der Waals surface area contributed by atoms with E-state index >= 15 is 0 Å². The molecule has 7 heteroatoms. The van der Waals surface area contributed by atoms with E-state index in [1.807, 2.05) is 12.3 Å². The number of aromatic hydroxyl groups is 1. The van der Waals surface area contributed by atoms with E-state index in [1.54, 1.807) is 13.0 Å². The van der Waals surface area contributed by atoms with Crippen molar-refractivity contribution in [3.8, 4) is 5.75 Å². The summed E-state index contributed by atoms with van der Waals surface area (Å²) in [6, 6.07) is 3.62. The summed E-state index contributed by atoms with van der Waals surface area (Å²) in [5, 5.41) is 11.8. The van der Waals surface area contributed by atoms with Crippen molar-refractivity contribution in [3.63, 3.8) is 0 Å². The Morgan fingerprint density at radius 2 is 2.11 bits per heavy atom. The molecule has 2 aromatic rings. The predicted molar refractivity (Wildman–Crippen MR) is 74.4 cm³/mol. The summed E-state index contributed by atoms with van der Waals surface area (Å²) in [6.45, 7) is 2.23. The van der Waals surface area contributed by atoms with Gasteiger partial charge in [0, 0.05) is 5.39 Å². The van der Waals surface area contributed by atoms with E-state index in [0.717, 1.165) is 5.03 Å².